The number of Topliss-reactive ketones (excluding diaryl/α,β-unsaturated/α-hetero) is 1. The Labute approximate surface area is 295 Å². The number of carbonyl (C=O) groups is 2. The van der Waals surface area contributed by atoms with Crippen molar-refractivity contribution in [1.29, 1.82) is 0 Å². The fourth-order valence-electron chi connectivity index (χ4n) is 8.30. The summed E-state index contributed by atoms with van der Waals surface area (Å²) in [6.45, 7) is 14.0. The van der Waals surface area contributed by atoms with Crippen LogP contribution in [0.2, 0.25) is 0 Å². The fourth-order valence-corrected chi connectivity index (χ4v) is 10.2. The first-order valence-electron chi connectivity index (χ1n) is 16.6. The molecule has 2 aromatic carbocycles. The van der Waals surface area contributed by atoms with Gasteiger partial charge >= 0.3 is 5.97 Å². The average Bonchev–Trinajstić information content (AvgIpc) is 3.67. The van der Waals surface area contributed by atoms with Crippen molar-refractivity contribution in [2.75, 3.05) is 26.2 Å². The highest BCUT2D eigenvalue weighted by atomic mass is 35.5. The first-order chi connectivity index (χ1) is 22.2. The molecule has 2 aromatic heterocycles. The number of aromatic carboxylic acids is 1. The number of piperidine rings is 6. The number of thiophene rings is 2. The van der Waals surface area contributed by atoms with Gasteiger partial charge in [-0.1, -0.05) is 0 Å². The topological polar surface area (TPSA) is 86.9 Å². The number of nitrogens with zero attached hydrogens (tertiary/aromatic N) is 2. The normalized spacial score (nSPS) is 27.7. The summed E-state index contributed by atoms with van der Waals surface area (Å²) in [4.78, 5) is 29.5. The molecule has 10 rings (SSSR count). The number of benzene rings is 2. The van der Waals surface area contributed by atoms with Gasteiger partial charge in [0.25, 0.3) is 0 Å². The fraction of sp³-hybridized carbons (Fsp3) is 0.514. The number of ketones is 1. The van der Waals surface area contributed by atoms with Gasteiger partial charge in [-0.05, 0) is 157 Å². The predicted molar refractivity (Wildman–Crippen MR) is 195 cm³/mol. The number of carboxylic acid groups (broad SMARTS) is 1. The van der Waals surface area contributed by atoms with Crippen LogP contribution < -0.4 is 5.73 Å². The van der Waals surface area contributed by atoms with Crippen molar-refractivity contribution in [3.63, 3.8) is 0 Å². The summed E-state index contributed by atoms with van der Waals surface area (Å²) >= 11 is 2.64. The van der Waals surface area contributed by atoms with Crippen LogP contribution in [0, 0.1) is 29.4 Å². The van der Waals surface area contributed by atoms with E-state index in [1.165, 1.54) is 93.5 Å². The van der Waals surface area contributed by atoms with Crippen LogP contribution in [-0.4, -0.2) is 70.0 Å². The summed E-state index contributed by atoms with van der Waals surface area (Å²) < 4.78 is 27.8. The van der Waals surface area contributed by atoms with Crippen LogP contribution in [-0.2, 0) is 0 Å². The molecule has 6 nitrogen and oxygen atoms in total. The summed E-state index contributed by atoms with van der Waals surface area (Å²) in [5.41, 5.74) is 6.53. The quantitative estimate of drug-likeness (QED) is 0.206. The molecule has 0 amide bonds. The second-order valence-corrected chi connectivity index (χ2v) is 16.8. The Bertz CT molecular complexity index is 1770. The molecule has 260 valence electrons. The minimum absolute atomic E-state index is 0. The highest BCUT2D eigenvalue weighted by Gasteiger charge is 2.48. The summed E-state index contributed by atoms with van der Waals surface area (Å²) in [5.74, 6) is 0.565. The van der Waals surface area contributed by atoms with E-state index in [9.17, 15) is 18.4 Å². The molecule has 6 aliphatic heterocycles. The van der Waals surface area contributed by atoms with Crippen LogP contribution in [0.4, 0.5) is 8.78 Å². The van der Waals surface area contributed by atoms with Crippen molar-refractivity contribution in [2.45, 2.75) is 76.9 Å². The molecule has 0 radical (unpaired) electrons. The average molecular weight is 718 g/mol. The molecule has 6 saturated heterocycles. The number of fused-ring (bicyclic) bond motifs is 8. The lowest BCUT2D eigenvalue weighted by Gasteiger charge is -2.56. The smallest absolute Gasteiger partial charge is 0.345 e. The molecule has 6 fully saturated rings. The third-order valence-corrected chi connectivity index (χ3v) is 13.6. The van der Waals surface area contributed by atoms with Gasteiger partial charge in [0.15, 0.2) is 5.78 Å². The Morgan fingerprint density at radius 2 is 1.23 bits per heavy atom. The van der Waals surface area contributed by atoms with Gasteiger partial charge in [-0.25, -0.2) is 13.6 Å². The number of carbonyl (C=O) groups excluding carboxylic acids is 1. The zero-order valence-electron chi connectivity index (χ0n) is 28.0. The van der Waals surface area contributed by atoms with E-state index in [1.807, 2.05) is 6.07 Å². The van der Waals surface area contributed by atoms with Gasteiger partial charge < -0.3 is 10.8 Å². The summed E-state index contributed by atoms with van der Waals surface area (Å²) in [5, 5.41) is 10.2. The van der Waals surface area contributed by atoms with E-state index in [0.717, 1.165) is 36.9 Å². The summed E-state index contributed by atoms with van der Waals surface area (Å²) in [6.07, 6.45) is 5.71. The molecular formula is C37H46ClF2N3O3S2. The number of hydrogen-bond donors (Lipinski definition) is 2. The highest BCUT2D eigenvalue weighted by molar-refractivity contribution is 7.21. The standard InChI is InChI=1S/C19H22FNOS.C9H5FO2S.C9H18N2.ClH/c1-19(2)15(12-5-7-21(19)8-6-12)11-16(22)18-10-13-9-14(20)3-4-17(13)23-18;10-6-1-2-7-5(3-6)4-8(13-7)9(11)12;1-9(2)8(10)7-3-5-11(9)6-4-7;/h3-4,9-10,12,15H,5-8,11H2,1-2H3;1-4H,(H,11,12);7-8H,3-6,10H2,1-2H3;1H/t15-;;8-;/m0.0./s1. The van der Waals surface area contributed by atoms with Crippen LogP contribution in [0.5, 0.6) is 0 Å². The number of halogens is 3. The van der Waals surface area contributed by atoms with Gasteiger partial charge in [-0.3, -0.25) is 14.6 Å². The largest absolute Gasteiger partial charge is 0.477 e. The molecule has 11 heteroatoms. The Morgan fingerprint density at radius 1 is 0.771 bits per heavy atom. The SMILES string of the molecule is CC1(C)[C@@H](CC(=O)c2cc3cc(F)ccc3s2)C2CCN1CC2.CC1(C)[C@@H](N)C2CCN1CC2.Cl.O=C(O)c1cc2cc(F)ccc2s1. The molecule has 0 aliphatic carbocycles. The van der Waals surface area contributed by atoms with Crippen LogP contribution in [0.15, 0.2) is 48.5 Å². The lowest BCUT2D eigenvalue weighted by Crippen LogP contribution is -2.67. The lowest BCUT2D eigenvalue weighted by atomic mass is 9.65. The van der Waals surface area contributed by atoms with Crippen LogP contribution in [0.3, 0.4) is 0 Å². The Hall–Kier alpha value is -2.47. The van der Waals surface area contributed by atoms with E-state index < -0.39 is 5.97 Å². The van der Waals surface area contributed by atoms with Gasteiger partial charge in [0, 0.05) is 32.9 Å². The molecule has 2 atom stereocenters. The molecule has 3 N–H and O–H groups in total. The number of nitrogens with two attached hydrogens (primary N) is 1. The molecule has 4 bridgehead atoms. The minimum Gasteiger partial charge on any atom is -0.477 e. The maximum absolute atomic E-state index is 13.3. The second kappa shape index (κ2) is 14.4. The predicted octanol–water partition coefficient (Wildman–Crippen LogP) is 8.71. The molecule has 0 spiro atoms. The maximum atomic E-state index is 13.3. The third kappa shape index (κ3) is 7.35. The second-order valence-electron chi connectivity index (χ2n) is 14.6. The van der Waals surface area contributed by atoms with Crippen molar-refractivity contribution in [3.05, 3.63) is 69.9 Å². The van der Waals surface area contributed by atoms with Crippen molar-refractivity contribution >= 4 is 67.0 Å². The van der Waals surface area contributed by atoms with E-state index in [1.54, 1.807) is 12.1 Å². The van der Waals surface area contributed by atoms with Crippen molar-refractivity contribution in [1.82, 2.24) is 9.80 Å². The molecule has 6 aliphatic rings. The molecular weight excluding hydrogens is 672 g/mol. The van der Waals surface area contributed by atoms with Crippen molar-refractivity contribution in [3.8, 4) is 0 Å². The maximum Gasteiger partial charge on any atom is 0.345 e. The van der Waals surface area contributed by atoms with E-state index >= 15 is 0 Å². The van der Waals surface area contributed by atoms with Crippen molar-refractivity contribution in [2.24, 2.45) is 23.5 Å². The first-order valence-corrected chi connectivity index (χ1v) is 18.3. The van der Waals surface area contributed by atoms with Gasteiger partial charge in [0.05, 0.1) is 4.88 Å². The zero-order valence-corrected chi connectivity index (χ0v) is 30.5. The van der Waals surface area contributed by atoms with Gasteiger partial charge in [-0.15, -0.1) is 35.1 Å². The van der Waals surface area contributed by atoms with Gasteiger partial charge in [0.1, 0.15) is 16.5 Å². The van der Waals surface area contributed by atoms with E-state index in [-0.39, 0.29) is 45.8 Å². The lowest BCUT2D eigenvalue weighted by molar-refractivity contribution is -0.0643. The minimum atomic E-state index is -0.971. The number of hydrogen-bond acceptors (Lipinski definition) is 7. The third-order valence-electron chi connectivity index (χ3n) is 11.4. The molecule has 48 heavy (non-hydrogen) atoms. The Morgan fingerprint density at radius 3 is 1.67 bits per heavy atom. The van der Waals surface area contributed by atoms with E-state index in [2.05, 4.69) is 37.5 Å². The Kier molecular flexibility index (Phi) is 11.0. The van der Waals surface area contributed by atoms with Gasteiger partial charge in [0.2, 0.25) is 0 Å². The highest BCUT2D eigenvalue weighted by Crippen LogP contribution is 2.46. The molecule has 8 heterocycles. The summed E-state index contributed by atoms with van der Waals surface area (Å²) in [6, 6.07) is 12.7. The van der Waals surface area contributed by atoms with Crippen LogP contribution in [0.25, 0.3) is 20.2 Å². The van der Waals surface area contributed by atoms with Crippen molar-refractivity contribution < 1.29 is 23.5 Å². The number of rotatable bonds is 4. The molecule has 4 aromatic rings. The van der Waals surface area contributed by atoms with E-state index in [4.69, 9.17) is 10.8 Å². The van der Waals surface area contributed by atoms with E-state index in [0.29, 0.717) is 29.7 Å². The first kappa shape index (κ1) is 36.8. The molecule has 0 saturated carbocycles. The summed E-state index contributed by atoms with van der Waals surface area (Å²) in [7, 11) is 0. The zero-order chi connectivity index (χ0) is 33.7. The monoisotopic (exact) mass is 717 g/mol. The molecule has 0 unspecified atom stereocenters. The van der Waals surface area contributed by atoms with Crippen LogP contribution >= 0.6 is 35.1 Å². The Balaban J connectivity index is 0.000000153. The van der Waals surface area contributed by atoms with Crippen LogP contribution in [0.1, 0.15) is 79.1 Å². The van der Waals surface area contributed by atoms with Gasteiger partial charge in [-0.2, -0.15) is 0 Å². The number of carboxylic acids is 1.